The Bertz CT molecular complexity index is 2190. The number of esters is 2. The average molecular weight is 836 g/mol. The minimum atomic E-state index is -1.13. The van der Waals surface area contributed by atoms with Gasteiger partial charge in [0, 0.05) is 48.9 Å². The van der Waals surface area contributed by atoms with Crippen LogP contribution in [0.4, 0.5) is 8.78 Å². The van der Waals surface area contributed by atoms with Crippen LogP contribution in [0.2, 0.25) is 0 Å². The lowest BCUT2D eigenvalue weighted by Gasteiger charge is -2.33. The van der Waals surface area contributed by atoms with Crippen molar-refractivity contribution in [2.75, 3.05) is 13.1 Å². The van der Waals surface area contributed by atoms with Crippen molar-refractivity contribution in [3.05, 3.63) is 155 Å². The van der Waals surface area contributed by atoms with Gasteiger partial charge in [0.05, 0.1) is 12.1 Å². The van der Waals surface area contributed by atoms with Gasteiger partial charge in [0.15, 0.2) is 0 Å². The van der Waals surface area contributed by atoms with Crippen LogP contribution in [-0.4, -0.2) is 53.5 Å². The van der Waals surface area contributed by atoms with Crippen LogP contribution in [0.15, 0.2) is 121 Å². The number of rotatable bonds is 21. The highest BCUT2D eigenvalue weighted by molar-refractivity contribution is 5.86. The Kier molecular flexibility index (Phi) is 16.9. The molecule has 13 heteroatoms. The van der Waals surface area contributed by atoms with Crippen LogP contribution < -0.4 is 21.7 Å². The topological polar surface area (TPSA) is 154 Å². The molecule has 2 amide bonds. The van der Waals surface area contributed by atoms with Crippen LogP contribution in [0.3, 0.4) is 0 Å². The first-order chi connectivity index (χ1) is 29.3. The summed E-state index contributed by atoms with van der Waals surface area (Å²) in [4.78, 5) is 51.7. The van der Waals surface area contributed by atoms with Crippen molar-refractivity contribution in [3.63, 3.8) is 0 Å². The van der Waals surface area contributed by atoms with Crippen molar-refractivity contribution in [1.82, 2.24) is 20.5 Å². The van der Waals surface area contributed by atoms with Crippen LogP contribution in [0.1, 0.15) is 74.9 Å². The molecular formula is C48H55F2N5O6. The van der Waals surface area contributed by atoms with E-state index in [1.54, 1.807) is 12.1 Å². The Labute approximate surface area is 356 Å². The van der Waals surface area contributed by atoms with E-state index >= 15 is 0 Å². The molecule has 0 fully saturated rings. The third-order valence-corrected chi connectivity index (χ3v) is 10.0. The Balaban J connectivity index is 1.14. The van der Waals surface area contributed by atoms with Crippen molar-refractivity contribution >= 4 is 23.8 Å². The van der Waals surface area contributed by atoms with Gasteiger partial charge in [0.2, 0.25) is 11.8 Å². The lowest BCUT2D eigenvalue weighted by atomic mass is 9.84. The van der Waals surface area contributed by atoms with E-state index in [9.17, 15) is 28.0 Å². The molecule has 1 aromatic heterocycles. The first-order valence-corrected chi connectivity index (χ1v) is 20.4. The van der Waals surface area contributed by atoms with E-state index in [0.717, 1.165) is 34.5 Å². The minimum Gasteiger partial charge on any atom is -0.461 e. The molecule has 0 radical (unpaired) electrons. The summed E-state index contributed by atoms with van der Waals surface area (Å²) >= 11 is 0. The number of nitrogens with one attached hydrogen (secondary N) is 3. The van der Waals surface area contributed by atoms with E-state index in [2.05, 4.69) is 36.7 Å². The van der Waals surface area contributed by atoms with Gasteiger partial charge >= 0.3 is 11.9 Å². The molecule has 0 saturated heterocycles. The van der Waals surface area contributed by atoms with Gasteiger partial charge in [-0.2, -0.15) is 0 Å². The first-order valence-electron chi connectivity index (χ1n) is 20.4. The molecule has 5 N–H and O–H groups in total. The lowest BCUT2D eigenvalue weighted by molar-refractivity contribution is -0.150. The Morgan fingerprint density at radius 2 is 1.34 bits per heavy atom. The zero-order valence-electron chi connectivity index (χ0n) is 34.9. The zero-order chi connectivity index (χ0) is 43.8. The molecule has 11 nitrogen and oxygen atoms in total. The summed E-state index contributed by atoms with van der Waals surface area (Å²) in [6.07, 6.45) is 1.74. The highest BCUT2D eigenvalue weighted by Gasteiger charge is 2.30. The van der Waals surface area contributed by atoms with E-state index in [4.69, 9.17) is 15.2 Å². The van der Waals surface area contributed by atoms with Crippen LogP contribution in [0.5, 0.6) is 0 Å². The fourth-order valence-corrected chi connectivity index (χ4v) is 6.77. The number of hydrogen-bond donors (Lipinski definition) is 4. The van der Waals surface area contributed by atoms with Crippen LogP contribution >= 0.6 is 0 Å². The van der Waals surface area contributed by atoms with Gasteiger partial charge in [-0.15, -0.1) is 0 Å². The molecule has 0 bridgehead atoms. The van der Waals surface area contributed by atoms with E-state index in [0.29, 0.717) is 18.7 Å². The number of benzene rings is 4. The fraction of sp³-hybridized carbons (Fsp3) is 0.333. The van der Waals surface area contributed by atoms with Gasteiger partial charge in [-0.05, 0) is 65.8 Å². The second kappa shape index (κ2) is 22.4. The number of nitrogens with zero attached hydrogens (tertiary/aromatic N) is 1. The number of carbonyl (C=O) groups is 4. The minimum absolute atomic E-state index is 0.0137. The standard InChI is InChI=1S/C48H55F2N5O6/c1-48(2,3)45(42-27-36(38-28-37(49)19-20-39(38)50)30-55(42)29-33-13-7-4-8-14-33)52-25-23-40(51)46(58)53-26-24-43(56)54-41(47(59)61-32-35-17-11-6-12-18-35)21-22-44(57)60-31-34-15-9-5-10-16-34/h4-20,27-28,30,40-41,45,52H,21-26,29,31-32,51H2,1-3H3,(H,53,58)(H,54,56)/t40-,41+,45-/m0/s1. The van der Waals surface area contributed by atoms with Gasteiger partial charge in [0.1, 0.15) is 30.9 Å². The molecule has 5 aromatic rings. The van der Waals surface area contributed by atoms with Crippen molar-refractivity contribution in [2.45, 2.75) is 84.3 Å². The van der Waals surface area contributed by atoms with Gasteiger partial charge in [0.25, 0.3) is 0 Å². The number of amides is 2. The third kappa shape index (κ3) is 14.5. The number of ether oxygens (including phenoxy) is 2. The normalized spacial score (nSPS) is 12.8. The van der Waals surface area contributed by atoms with E-state index in [1.165, 1.54) is 6.07 Å². The number of hydrogen-bond acceptors (Lipinski definition) is 8. The highest BCUT2D eigenvalue weighted by Crippen LogP contribution is 2.37. The molecule has 61 heavy (non-hydrogen) atoms. The molecule has 0 saturated carbocycles. The quantitative estimate of drug-likeness (QED) is 0.0570. The number of nitrogens with two attached hydrogens (primary N) is 1. The molecular weight excluding hydrogens is 781 g/mol. The molecule has 0 aliphatic heterocycles. The summed E-state index contributed by atoms with van der Waals surface area (Å²) in [7, 11) is 0. The Hall–Kier alpha value is -6.18. The molecule has 0 unspecified atom stereocenters. The Morgan fingerprint density at radius 1 is 0.738 bits per heavy atom. The van der Waals surface area contributed by atoms with Gasteiger partial charge < -0.3 is 35.7 Å². The van der Waals surface area contributed by atoms with Crippen LogP contribution in [-0.2, 0) is 48.4 Å². The second-order valence-corrected chi connectivity index (χ2v) is 16.0. The average Bonchev–Trinajstić information content (AvgIpc) is 3.65. The molecule has 1 heterocycles. The smallest absolute Gasteiger partial charge is 0.328 e. The summed E-state index contributed by atoms with van der Waals surface area (Å²) in [5, 5.41) is 8.90. The monoisotopic (exact) mass is 835 g/mol. The number of carbonyl (C=O) groups excluding carboxylic acids is 4. The number of halogens is 2. The molecule has 4 aromatic carbocycles. The molecule has 0 aliphatic carbocycles. The third-order valence-electron chi connectivity index (χ3n) is 10.0. The zero-order valence-corrected chi connectivity index (χ0v) is 34.9. The highest BCUT2D eigenvalue weighted by atomic mass is 19.1. The maximum Gasteiger partial charge on any atom is 0.328 e. The maximum absolute atomic E-state index is 15.0. The molecule has 5 rings (SSSR count). The van der Waals surface area contributed by atoms with Crippen LogP contribution in [0, 0.1) is 17.0 Å². The summed E-state index contributed by atoms with van der Waals surface area (Å²) in [6, 6.07) is 31.0. The van der Waals surface area contributed by atoms with Crippen molar-refractivity contribution in [1.29, 1.82) is 0 Å². The van der Waals surface area contributed by atoms with Gasteiger partial charge in [-0.25, -0.2) is 13.6 Å². The number of aromatic nitrogens is 1. The summed E-state index contributed by atoms with van der Waals surface area (Å²) < 4.78 is 42.0. The summed E-state index contributed by atoms with van der Waals surface area (Å²) in [5.41, 5.74) is 10.1. The Morgan fingerprint density at radius 3 is 1.97 bits per heavy atom. The summed E-state index contributed by atoms with van der Waals surface area (Å²) in [6.45, 7) is 7.05. The fourth-order valence-electron chi connectivity index (χ4n) is 6.77. The van der Waals surface area contributed by atoms with Crippen molar-refractivity contribution < 1.29 is 37.4 Å². The molecule has 0 aliphatic rings. The molecule has 3 atom stereocenters. The second-order valence-electron chi connectivity index (χ2n) is 16.0. The maximum atomic E-state index is 15.0. The molecule has 322 valence electrons. The van der Waals surface area contributed by atoms with E-state index < -0.39 is 47.5 Å². The predicted octanol–water partition coefficient (Wildman–Crippen LogP) is 7.13. The molecule has 0 spiro atoms. The van der Waals surface area contributed by atoms with E-state index in [1.807, 2.05) is 95.7 Å². The lowest BCUT2D eigenvalue weighted by Crippen LogP contribution is -2.46. The van der Waals surface area contributed by atoms with Crippen molar-refractivity contribution in [3.8, 4) is 11.1 Å². The van der Waals surface area contributed by atoms with Gasteiger partial charge in [-0.3, -0.25) is 14.4 Å². The summed E-state index contributed by atoms with van der Waals surface area (Å²) in [5.74, 6) is -3.29. The predicted molar refractivity (Wildman–Crippen MR) is 229 cm³/mol. The van der Waals surface area contributed by atoms with E-state index in [-0.39, 0.29) is 62.5 Å². The largest absolute Gasteiger partial charge is 0.461 e. The SMILES string of the molecule is CC(C)(C)[C@@H](NCC[C@H](N)C(=O)NCCC(=O)N[C@H](CCC(=O)OCc1ccccc1)C(=O)OCc1ccccc1)c1cc(-c2cc(F)ccc2F)cn1Cc1ccccc1. The van der Waals surface area contributed by atoms with Crippen molar-refractivity contribution in [2.24, 2.45) is 11.1 Å². The van der Waals surface area contributed by atoms with Gasteiger partial charge in [-0.1, -0.05) is 112 Å². The first kappa shape index (κ1) is 45.9. The van der Waals surface area contributed by atoms with Crippen LogP contribution in [0.25, 0.3) is 11.1 Å².